The van der Waals surface area contributed by atoms with Crippen LogP contribution < -0.4 is 0 Å². The molecule has 0 aromatic heterocycles. The lowest BCUT2D eigenvalue weighted by Crippen LogP contribution is -2.04. The lowest BCUT2D eigenvalue weighted by atomic mass is 9.91. The van der Waals surface area contributed by atoms with Crippen LogP contribution in [0.15, 0.2) is 35.6 Å². The number of esters is 1. The van der Waals surface area contributed by atoms with E-state index in [9.17, 15) is 4.79 Å². The van der Waals surface area contributed by atoms with E-state index in [-0.39, 0.29) is 11.9 Å². The Bertz CT molecular complexity index is 359. The van der Waals surface area contributed by atoms with Gasteiger partial charge in [-0.1, -0.05) is 32.1 Å². The molecule has 1 heterocycles. The third kappa shape index (κ3) is 2.04. The van der Waals surface area contributed by atoms with Gasteiger partial charge in [-0.3, -0.25) is 0 Å². The number of cyclic esters (lactones) is 1. The van der Waals surface area contributed by atoms with Crippen molar-refractivity contribution in [2.75, 3.05) is 0 Å². The summed E-state index contributed by atoms with van der Waals surface area (Å²) in [6, 6.07) is 0. The highest BCUT2D eigenvalue weighted by atomic mass is 16.5. The monoisotopic (exact) mass is 204 g/mol. The molecule has 1 fully saturated rings. The van der Waals surface area contributed by atoms with Gasteiger partial charge in [-0.15, -0.1) is 0 Å². The molecule has 1 unspecified atom stereocenters. The van der Waals surface area contributed by atoms with Crippen LogP contribution in [0.3, 0.4) is 0 Å². The van der Waals surface area contributed by atoms with Gasteiger partial charge in [0.25, 0.3) is 0 Å². The minimum Gasteiger partial charge on any atom is -0.427 e. The van der Waals surface area contributed by atoms with Gasteiger partial charge in [0.15, 0.2) is 0 Å². The summed E-state index contributed by atoms with van der Waals surface area (Å²) in [6.45, 7) is 4.32. The molecule has 0 bridgehead atoms. The minimum atomic E-state index is -0.167. The van der Waals surface area contributed by atoms with Crippen molar-refractivity contribution in [3.05, 3.63) is 35.6 Å². The van der Waals surface area contributed by atoms with Crippen LogP contribution in [0.4, 0.5) is 0 Å². The van der Waals surface area contributed by atoms with Gasteiger partial charge in [0.2, 0.25) is 0 Å². The number of allylic oxidation sites excluding steroid dienone is 5. The minimum absolute atomic E-state index is 0.167. The zero-order valence-electron chi connectivity index (χ0n) is 9.19. The summed E-state index contributed by atoms with van der Waals surface area (Å²) < 4.78 is 5.27. The quantitative estimate of drug-likeness (QED) is 0.646. The molecule has 1 aliphatic carbocycles. The first-order valence-corrected chi connectivity index (χ1v) is 5.47. The van der Waals surface area contributed by atoms with Gasteiger partial charge < -0.3 is 4.74 Å². The molecule has 1 atom stereocenters. The molecule has 0 amide bonds. The zero-order valence-corrected chi connectivity index (χ0v) is 9.19. The molecule has 2 nitrogen and oxygen atoms in total. The van der Waals surface area contributed by atoms with E-state index in [2.05, 4.69) is 26.0 Å². The number of rotatable bonds is 2. The zero-order chi connectivity index (χ0) is 10.8. The van der Waals surface area contributed by atoms with Crippen molar-refractivity contribution in [2.24, 2.45) is 11.8 Å². The van der Waals surface area contributed by atoms with Gasteiger partial charge in [0, 0.05) is 5.57 Å². The average molecular weight is 204 g/mol. The van der Waals surface area contributed by atoms with Crippen molar-refractivity contribution >= 4 is 5.97 Å². The Labute approximate surface area is 90.3 Å². The fourth-order valence-corrected chi connectivity index (χ4v) is 1.88. The first-order chi connectivity index (χ1) is 7.18. The largest absolute Gasteiger partial charge is 0.427 e. The number of carbonyl (C=O) groups excluding carboxylic acids is 1. The predicted octanol–water partition coefficient (Wildman–Crippen LogP) is 2.98. The molecule has 15 heavy (non-hydrogen) atoms. The normalized spacial score (nSPS) is 26.9. The highest BCUT2D eigenvalue weighted by Gasteiger charge is 2.35. The highest BCUT2D eigenvalue weighted by Crippen LogP contribution is 2.36. The Balaban J connectivity index is 2.17. The molecule has 0 N–H and O–H groups in total. The molecule has 2 rings (SSSR count). The number of hydrogen-bond donors (Lipinski definition) is 0. The van der Waals surface area contributed by atoms with Crippen molar-refractivity contribution in [2.45, 2.75) is 26.7 Å². The third-order valence-electron chi connectivity index (χ3n) is 2.74. The fourth-order valence-electron chi connectivity index (χ4n) is 1.88. The molecule has 0 aromatic rings. The summed E-state index contributed by atoms with van der Waals surface area (Å²) in [5.41, 5.74) is 0.813. The van der Waals surface area contributed by atoms with Gasteiger partial charge in [0.1, 0.15) is 5.76 Å². The molecule has 2 heteroatoms. The van der Waals surface area contributed by atoms with Gasteiger partial charge in [0.05, 0.1) is 5.92 Å². The summed E-state index contributed by atoms with van der Waals surface area (Å²) in [5, 5.41) is 0. The third-order valence-corrected chi connectivity index (χ3v) is 2.74. The number of ether oxygens (including phenoxy) is 1. The standard InChI is InChI=1S/C13H16O2/c1-9(2)7-8-12-10-5-3-4-6-11(10)13(14)15-12/h3-4,6,8-10H,5,7H2,1-2H3/b12-8-. The molecular formula is C13H16O2. The first kappa shape index (κ1) is 10.2. The van der Waals surface area contributed by atoms with E-state index in [1.807, 2.05) is 12.2 Å². The Morgan fingerprint density at radius 3 is 3.13 bits per heavy atom. The highest BCUT2D eigenvalue weighted by molar-refractivity contribution is 5.94. The fraction of sp³-hybridized carbons (Fsp3) is 0.462. The maximum absolute atomic E-state index is 11.5. The summed E-state index contributed by atoms with van der Waals surface area (Å²) >= 11 is 0. The van der Waals surface area contributed by atoms with Crippen LogP contribution in [-0.4, -0.2) is 5.97 Å². The molecule has 1 aliphatic heterocycles. The first-order valence-electron chi connectivity index (χ1n) is 5.47. The Kier molecular flexibility index (Phi) is 2.76. The Morgan fingerprint density at radius 2 is 2.40 bits per heavy atom. The van der Waals surface area contributed by atoms with Crippen LogP contribution in [0.25, 0.3) is 0 Å². The van der Waals surface area contributed by atoms with Crippen LogP contribution in [0.2, 0.25) is 0 Å². The van der Waals surface area contributed by atoms with Gasteiger partial charge >= 0.3 is 5.97 Å². The van der Waals surface area contributed by atoms with Gasteiger partial charge in [-0.25, -0.2) is 4.79 Å². The van der Waals surface area contributed by atoms with Crippen LogP contribution in [0.5, 0.6) is 0 Å². The Hall–Kier alpha value is -1.31. The van der Waals surface area contributed by atoms with Crippen LogP contribution in [0.1, 0.15) is 26.7 Å². The number of fused-ring (bicyclic) bond motifs is 1. The molecule has 80 valence electrons. The molecule has 0 aromatic carbocycles. The van der Waals surface area contributed by atoms with E-state index in [1.54, 1.807) is 0 Å². The maximum atomic E-state index is 11.5. The molecular weight excluding hydrogens is 188 g/mol. The second kappa shape index (κ2) is 4.05. The van der Waals surface area contributed by atoms with Crippen molar-refractivity contribution in [3.63, 3.8) is 0 Å². The van der Waals surface area contributed by atoms with E-state index < -0.39 is 0 Å². The molecule has 0 saturated carbocycles. The topological polar surface area (TPSA) is 26.3 Å². The van der Waals surface area contributed by atoms with E-state index >= 15 is 0 Å². The van der Waals surface area contributed by atoms with Crippen molar-refractivity contribution < 1.29 is 9.53 Å². The van der Waals surface area contributed by atoms with Crippen LogP contribution >= 0.6 is 0 Å². The second-order valence-corrected chi connectivity index (χ2v) is 4.46. The second-order valence-electron chi connectivity index (χ2n) is 4.46. The van der Waals surface area contributed by atoms with E-state index in [0.29, 0.717) is 5.92 Å². The molecule has 0 radical (unpaired) electrons. The van der Waals surface area contributed by atoms with Crippen molar-refractivity contribution in [1.82, 2.24) is 0 Å². The van der Waals surface area contributed by atoms with E-state index in [4.69, 9.17) is 4.74 Å². The van der Waals surface area contributed by atoms with Gasteiger partial charge in [-0.05, 0) is 24.8 Å². The van der Waals surface area contributed by atoms with Crippen molar-refractivity contribution in [3.8, 4) is 0 Å². The predicted molar refractivity (Wildman–Crippen MR) is 59.0 cm³/mol. The van der Waals surface area contributed by atoms with Gasteiger partial charge in [-0.2, -0.15) is 0 Å². The molecule has 1 saturated heterocycles. The van der Waals surface area contributed by atoms with Crippen molar-refractivity contribution in [1.29, 1.82) is 0 Å². The van der Waals surface area contributed by atoms with E-state index in [1.165, 1.54) is 0 Å². The SMILES string of the molecule is CC(C)C/C=C1\OC(=O)C2=CC=CCC21. The summed E-state index contributed by atoms with van der Waals surface area (Å²) in [5.74, 6) is 1.47. The lowest BCUT2D eigenvalue weighted by Gasteiger charge is -2.10. The Morgan fingerprint density at radius 1 is 1.60 bits per heavy atom. The maximum Gasteiger partial charge on any atom is 0.339 e. The smallest absolute Gasteiger partial charge is 0.339 e. The molecule has 0 spiro atoms. The van der Waals surface area contributed by atoms with E-state index in [0.717, 1.165) is 24.2 Å². The lowest BCUT2D eigenvalue weighted by molar-refractivity contribution is -0.132. The number of carbonyl (C=O) groups is 1. The summed E-state index contributed by atoms with van der Waals surface area (Å²) in [7, 11) is 0. The van der Waals surface area contributed by atoms with Crippen LogP contribution in [-0.2, 0) is 9.53 Å². The average Bonchev–Trinajstić information content (AvgIpc) is 2.54. The number of hydrogen-bond acceptors (Lipinski definition) is 2. The molecule has 2 aliphatic rings. The summed E-state index contributed by atoms with van der Waals surface area (Å²) in [4.78, 5) is 11.5. The van der Waals surface area contributed by atoms with Crippen LogP contribution in [0, 0.1) is 11.8 Å². The summed E-state index contributed by atoms with van der Waals surface area (Å²) in [6.07, 6.45) is 9.80.